The number of amidine groups is 1. The van der Waals surface area contributed by atoms with Crippen molar-refractivity contribution in [2.75, 3.05) is 18.5 Å². The maximum Gasteiger partial charge on any atom is 0.405 e. The zero-order valence-corrected chi connectivity index (χ0v) is 10.7. The molecular formula is C10H14F3N5O. The summed E-state index contributed by atoms with van der Waals surface area (Å²) in [7, 11) is 1.21. The van der Waals surface area contributed by atoms with Crippen molar-refractivity contribution in [3.63, 3.8) is 0 Å². The Balaban J connectivity index is 3.32. The molecule has 0 aromatic carbocycles. The van der Waals surface area contributed by atoms with Gasteiger partial charge in [0.25, 0.3) is 0 Å². The summed E-state index contributed by atoms with van der Waals surface area (Å²) in [5, 5.41) is 19.0. The summed E-state index contributed by atoms with van der Waals surface area (Å²) in [5.41, 5.74) is 6.63. The van der Waals surface area contributed by atoms with E-state index in [-0.39, 0.29) is 17.2 Å². The third-order valence-electron chi connectivity index (χ3n) is 2.58. The number of anilines is 1. The van der Waals surface area contributed by atoms with E-state index in [2.05, 4.69) is 15.4 Å². The Kier molecular flexibility index (Phi) is 4.17. The van der Waals surface area contributed by atoms with Crippen LogP contribution in [0.2, 0.25) is 0 Å². The summed E-state index contributed by atoms with van der Waals surface area (Å²) in [6.45, 7) is 2.03. The van der Waals surface area contributed by atoms with Crippen molar-refractivity contribution in [2.45, 2.75) is 20.0 Å². The van der Waals surface area contributed by atoms with E-state index < -0.39 is 12.7 Å². The lowest BCUT2D eigenvalue weighted by molar-refractivity contribution is -0.119. The second-order valence-electron chi connectivity index (χ2n) is 4.07. The number of hydrogen-bond acceptors (Lipinski definition) is 5. The fourth-order valence-corrected chi connectivity index (χ4v) is 1.56. The topological polar surface area (TPSA) is 87.6 Å². The molecule has 106 valence electrons. The van der Waals surface area contributed by atoms with Crippen LogP contribution in [-0.4, -0.2) is 41.0 Å². The maximum absolute atomic E-state index is 12.4. The van der Waals surface area contributed by atoms with E-state index >= 15 is 0 Å². The fraction of sp³-hybridized carbons (Fsp3) is 0.500. The minimum absolute atomic E-state index is 0.0873. The van der Waals surface area contributed by atoms with Crippen LogP contribution in [0.4, 0.5) is 19.0 Å². The van der Waals surface area contributed by atoms with Crippen molar-refractivity contribution in [1.29, 1.82) is 0 Å². The molecule has 6 nitrogen and oxygen atoms in total. The number of halogens is 3. The van der Waals surface area contributed by atoms with Crippen LogP contribution < -0.4 is 10.6 Å². The van der Waals surface area contributed by atoms with E-state index in [9.17, 15) is 13.2 Å². The van der Waals surface area contributed by atoms with Crippen LogP contribution in [0.25, 0.3) is 0 Å². The molecule has 0 amide bonds. The van der Waals surface area contributed by atoms with Crippen molar-refractivity contribution in [3.8, 4) is 0 Å². The van der Waals surface area contributed by atoms with E-state index in [1.165, 1.54) is 7.05 Å². The Bertz CT molecular complexity index is 501. The highest BCUT2D eigenvalue weighted by Gasteiger charge is 2.31. The average molecular weight is 277 g/mol. The molecule has 0 atom stereocenters. The molecule has 0 unspecified atom stereocenters. The van der Waals surface area contributed by atoms with E-state index in [4.69, 9.17) is 10.9 Å². The maximum atomic E-state index is 12.4. The highest BCUT2D eigenvalue weighted by Crippen LogP contribution is 2.24. The predicted molar refractivity (Wildman–Crippen MR) is 63.3 cm³/mol. The normalized spacial score (nSPS) is 12.6. The minimum Gasteiger partial charge on any atom is -0.409 e. The molecule has 0 aliphatic heterocycles. The summed E-state index contributed by atoms with van der Waals surface area (Å²) in [6.07, 6.45) is -4.39. The molecule has 1 rings (SSSR count). The first kappa shape index (κ1) is 15.0. The van der Waals surface area contributed by atoms with Crippen LogP contribution in [0.3, 0.4) is 0 Å². The third-order valence-corrected chi connectivity index (χ3v) is 2.58. The number of aryl methyl sites for hydroxylation is 1. The van der Waals surface area contributed by atoms with E-state index in [0.29, 0.717) is 11.3 Å². The zero-order chi connectivity index (χ0) is 14.8. The highest BCUT2D eigenvalue weighted by atomic mass is 19.4. The van der Waals surface area contributed by atoms with Crippen LogP contribution in [-0.2, 0) is 0 Å². The Morgan fingerprint density at radius 3 is 2.42 bits per heavy atom. The Labute approximate surface area is 107 Å². The molecule has 9 heteroatoms. The van der Waals surface area contributed by atoms with Gasteiger partial charge in [-0.2, -0.15) is 18.3 Å². The predicted octanol–water partition coefficient (Wildman–Crippen LogP) is 1.19. The molecule has 0 aliphatic rings. The number of oxime groups is 1. The lowest BCUT2D eigenvalue weighted by Gasteiger charge is -2.22. The van der Waals surface area contributed by atoms with Crippen LogP contribution in [0.1, 0.15) is 16.8 Å². The van der Waals surface area contributed by atoms with Gasteiger partial charge in [0.05, 0.1) is 11.3 Å². The largest absolute Gasteiger partial charge is 0.409 e. The highest BCUT2D eigenvalue weighted by molar-refractivity contribution is 6.02. The molecular weight excluding hydrogens is 263 g/mol. The van der Waals surface area contributed by atoms with Crippen LogP contribution in [0.5, 0.6) is 0 Å². The molecule has 0 spiro atoms. The number of nitrogens with zero attached hydrogens (tertiary/aromatic N) is 4. The van der Waals surface area contributed by atoms with E-state index in [1.807, 2.05) is 0 Å². The smallest absolute Gasteiger partial charge is 0.405 e. The van der Waals surface area contributed by atoms with Gasteiger partial charge >= 0.3 is 6.18 Å². The number of hydrogen-bond donors (Lipinski definition) is 2. The van der Waals surface area contributed by atoms with Gasteiger partial charge in [0, 0.05) is 7.05 Å². The van der Waals surface area contributed by atoms with Crippen molar-refractivity contribution in [2.24, 2.45) is 10.9 Å². The SMILES string of the molecule is Cc1nnc(N(C)CC(F)(F)F)c(/C(N)=N/O)c1C. The molecule has 19 heavy (non-hydrogen) atoms. The molecule has 1 aromatic heterocycles. The molecule has 0 fully saturated rings. The summed E-state index contributed by atoms with van der Waals surface area (Å²) in [6, 6.07) is 0. The number of nitrogens with two attached hydrogens (primary N) is 1. The lowest BCUT2D eigenvalue weighted by atomic mass is 10.1. The molecule has 0 radical (unpaired) electrons. The second kappa shape index (κ2) is 5.29. The fourth-order valence-electron chi connectivity index (χ4n) is 1.56. The van der Waals surface area contributed by atoms with Gasteiger partial charge in [-0.15, -0.1) is 5.10 Å². The first-order valence-electron chi connectivity index (χ1n) is 5.27. The molecule has 1 aromatic rings. The van der Waals surface area contributed by atoms with Gasteiger partial charge < -0.3 is 15.8 Å². The minimum atomic E-state index is -4.39. The first-order valence-corrected chi connectivity index (χ1v) is 5.27. The van der Waals surface area contributed by atoms with Gasteiger partial charge in [-0.3, -0.25) is 0 Å². The zero-order valence-electron chi connectivity index (χ0n) is 10.7. The van der Waals surface area contributed by atoms with Crippen LogP contribution in [0, 0.1) is 13.8 Å². The first-order chi connectivity index (χ1) is 8.67. The molecule has 0 saturated carbocycles. The number of rotatable bonds is 3. The summed E-state index contributed by atoms with van der Waals surface area (Å²) in [5.74, 6) is -0.393. The van der Waals surface area contributed by atoms with Gasteiger partial charge in [-0.1, -0.05) is 5.16 Å². The number of aromatic nitrogens is 2. The van der Waals surface area contributed by atoms with Crippen LogP contribution in [0.15, 0.2) is 5.16 Å². The average Bonchev–Trinajstić information content (AvgIpc) is 2.29. The molecule has 0 aliphatic carbocycles. The van der Waals surface area contributed by atoms with E-state index in [1.54, 1.807) is 13.8 Å². The summed E-state index contributed by atoms with van der Waals surface area (Å²) < 4.78 is 37.2. The molecule has 3 N–H and O–H groups in total. The van der Waals surface area contributed by atoms with E-state index in [0.717, 1.165) is 4.90 Å². The van der Waals surface area contributed by atoms with Crippen molar-refractivity contribution >= 4 is 11.7 Å². The van der Waals surface area contributed by atoms with Gasteiger partial charge in [0.15, 0.2) is 11.7 Å². The number of alkyl halides is 3. The van der Waals surface area contributed by atoms with Gasteiger partial charge in [0.2, 0.25) is 0 Å². The molecule has 1 heterocycles. The van der Waals surface area contributed by atoms with Gasteiger partial charge in [-0.25, -0.2) is 0 Å². The third kappa shape index (κ3) is 3.46. The van der Waals surface area contributed by atoms with Crippen molar-refractivity contribution < 1.29 is 18.4 Å². The van der Waals surface area contributed by atoms with Crippen molar-refractivity contribution in [1.82, 2.24) is 10.2 Å². The van der Waals surface area contributed by atoms with Gasteiger partial charge in [0.1, 0.15) is 6.54 Å². The standard InChI is InChI=1S/C10H14F3N5O/c1-5-6(2)15-16-9(7(5)8(14)17-19)18(3)4-10(11,12)13/h19H,4H2,1-3H3,(H2,14,17). The Hall–Kier alpha value is -2.06. The summed E-state index contributed by atoms with van der Waals surface area (Å²) in [4.78, 5) is 0.854. The summed E-state index contributed by atoms with van der Waals surface area (Å²) >= 11 is 0. The second-order valence-corrected chi connectivity index (χ2v) is 4.07. The molecule has 0 bridgehead atoms. The quantitative estimate of drug-likeness (QED) is 0.375. The van der Waals surface area contributed by atoms with Crippen molar-refractivity contribution in [3.05, 3.63) is 16.8 Å². The lowest BCUT2D eigenvalue weighted by Crippen LogP contribution is -2.34. The van der Waals surface area contributed by atoms with Crippen LogP contribution >= 0.6 is 0 Å². The Morgan fingerprint density at radius 2 is 1.95 bits per heavy atom. The molecule has 0 saturated heterocycles. The van der Waals surface area contributed by atoms with Gasteiger partial charge in [-0.05, 0) is 19.4 Å². The Morgan fingerprint density at radius 1 is 1.37 bits per heavy atom. The monoisotopic (exact) mass is 277 g/mol.